The lowest BCUT2D eigenvalue weighted by Crippen LogP contribution is -2.26. The predicted octanol–water partition coefficient (Wildman–Crippen LogP) is 2.61. The molecule has 1 amide bonds. The van der Waals surface area contributed by atoms with Gasteiger partial charge >= 0.3 is 0 Å². The Morgan fingerprint density at radius 3 is 2.55 bits per heavy atom. The second kappa shape index (κ2) is 6.12. The fraction of sp³-hybridized carbons (Fsp3) is 0.438. The van der Waals surface area contributed by atoms with Crippen LogP contribution in [-0.4, -0.2) is 39.7 Å². The molecule has 1 aliphatic carbocycles. The molecule has 0 unspecified atom stereocenters. The van der Waals surface area contributed by atoms with Crippen molar-refractivity contribution in [1.29, 1.82) is 0 Å². The summed E-state index contributed by atoms with van der Waals surface area (Å²) < 4.78 is 2.03. The standard InChI is InChI=1S/C16H20N4OS/c1-19(2)15(21)13(11-7-5-4-6-8-11)22-16-18-17-14(20(16)3)12-9-10-12/h4-8,12-13H,9-10H2,1-3H3/t13-/m1/s1. The number of hydrogen-bond donors (Lipinski definition) is 0. The van der Waals surface area contributed by atoms with Gasteiger partial charge in [-0.2, -0.15) is 0 Å². The molecule has 1 aliphatic rings. The number of carbonyl (C=O) groups is 1. The molecule has 22 heavy (non-hydrogen) atoms. The third-order valence-corrected chi connectivity index (χ3v) is 5.08. The molecular weight excluding hydrogens is 296 g/mol. The van der Waals surface area contributed by atoms with E-state index in [9.17, 15) is 4.79 Å². The van der Waals surface area contributed by atoms with E-state index in [1.807, 2.05) is 41.9 Å². The molecule has 1 fully saturated rings. The van der Waals surface area contributed by atoms with Crippen molar-refractivity contribution < 1.29 is 4.79 Å². The summed E-state index contributed by atoms with van der Waals surface area (Å²) in [5, 5.41) is 9.08. The maximum absolute atomic E-state index is 12.6. The van der Waals surface area contributed by atoms with Crippen LogP contribution < -0.4 is 0 Å². The molecule has 1 atom stereocenters. The zero-order chi connectivity index (χ0) is 15.7. The Balaban J connectivity index is 1.88. The first-order valence-electron chi connectivity index (χ1n) is 7.40. The van der Waals surface area contributed by atoms with Crippen molar-refractivity contribution in [2.24, 2.45) is 7.05 Å². The van der Waals surface area contributed by atoms with E-state index in [-0.39, 0.29) is 11.2 Å². The normalized spacial score (nSPS) is 15.6. The zero-order valence-electron chi connectivity index (χ0n) is 13.1. The number of amides is 1. The molecule has 3 rings (SSSR count). The number of nitrogens with zero attached hydrogens (tertiary/aromatic N) is 4. The van der Waals surface area contributed by atoms with Crippen molar-refractivity contribution in [2.75, 3.05) is 14.1 Å². The average molecular weight is 316 g/mol. The topological polar surface area (TPSA) is 51.0 Å². The third-order valence-electron chi connectivity index (χ3n) is 3.80. The van der Waals surface area contributed by atoms with Crippen molar-refractivity contribution in [3.05, 3.63) is 41.7 Å². The largest absolute Gasteiger partial charge is 0.348 e. The van der Waals surface area contributed by atoms with Gasteiger partial charge in [0.25, 0.3) is 0 Å². The first-order valence-corrected chi connectivity index (χ1v) is 8.28. The van der Waals surface area contributed by atoms with Crippen LogP contribution in [0, 0.1) is 0 Å². The summed E-state index contributed by atoms with van der Waals surface area (Å²) >= 11 is 1.47. The van der Waals surface area contributed by atoms with E-state index in [0.717, 1.165) is 16.5 Å². The molecule has 0 radical (unpaired) electrons. The Hall–Kier alpha value is -1.82. The quantitative estimate of drug-likeness (QED) is 0.796. The molecular formula is C16H20N4OS. The molecule has 0 N–H and O–H groups in total. The molecule has 0 aliphatic heterocycles. The lowest BCUT2D eigenvalue weighted by Gasteiger charge is -2.20. The van der Waals surface area contributed by atoms with E-state index < -0.39 is 0 Å². The second-order valence-electron chi connectivity index (χ2n) is 5.82. The van der Waals surface area contributed by atoms with Crippen LogP contribution in [-0.2, 0) is 11.8 Å². The van der Waals surface area contributed by atoms with Gasteiger partial charge in [-0.1, -0.05) is 42.1 Å². The van der Waals surface area contributed by atoms with E-state index in [1.54, 1.807) is 19.0 Å². The van der Waals surface area contributed by atoms with Crippen LogP contribution >= 0.6 is 11.8 Å². The average Bonchev–Trinajstić information content (AvgIpc) is 3.30. The molecule has 1 saturated carbocycles. The molecule has 2 aromatic rings. The third kappa shape index (κ3) is 3.02. The molecule has 1 heterocycles. The van der Waals surface area contributed by atoms with Crippen LogP contribution in [0.5, 0.6) is 0 Å². The number of likely N-dealkylation sites (N-methyl/N-ethyl adjacent to an activating group) is 1. The fourth-order valence-corrected chi connectivity index (χ4v) is 3.51. The van der Waals surface area contributed by atoms with E-state index in [0.29, 0.717) is 5.92 Å². The second-order valence-corrected chi connectivity index (χ2v) is 6.89. The Morgan fingerprint density at radius 2 is 1.95 bits per heavy atom. The molecule has 0 spiro atoms. The zero-order valence-corrected chi connectivity index (χ0v) is 13.9. The SMILES string of the molecule is CN(C)C(=O)[C@H](Sc1nnc(C2CC2)n1C)c1ccccc1. The minimum absolute atomic E-state index is 0.0622. The molecule has 116 valence electrons. The van der Waals surface area contributed by atoms with E-state index >= 15 is 0 Å². The number of aromatic nitrogens is 3. The minimum atomic E-state index is -0.300. The van der Waals surface area contributed by atoms with Gasteiger partial charge in [0.05, 0.1) is 0 Å². The van der Waals surface area contributed by atoms with Crippen molar-refractivity contribution in [1.82, 2.24) is 19.7 Å². The number of hydrogen-bond acceptors (Lipinski definition) is 4. The molecule has 6 heteroatoms. The lowest BCUT2D eigenvalue weighted by atomic mass is 10.1. The highest BCUT2D eigenvalue weighted by atomic mass is 32.2. The molecule has 0 saturated heterocycles. The minimum Gasteiger partial charge on any atom is -0.348 e. The van der Waals surface area contributed by atoms with Crippen LogP contribution in [0.3, 0.4) is 0 Å². The summed E-state index contributed by atoms with van der Waals surface area (Å²) in [6.45, 7) is 0. The summed E-state index contributed by atoms with van der Waals surface area (Å²) in [6.07, 6.45) is 2.38. The molecule has 1 aromatic carbocycles. The van der Waals surface area contributed by atoms with Crippen molar-refractivity contribution in [3.8, 4) is 0 Å². The molecule has 0 bridgehead atoms. The Kier molecular flexibility index (Phi) is 4.20. The Morgan fingerprint density at radius 1 is 1.27 bits per heavy atom. The smallest absolute Gasteiger partial charge is 0.240 e. The fourth-order valence-electron chi connectivity index (χ4n) is 2.35. The summed E-state index contributed by atoms with van der Waals surface area (Å²) in [5.41, 5.74) is 0.988. The first-order chi connectivity index (χ1) is 10.6. The Labute approximate surface area is 134 Å². The van der Waals surface area contributed by atoms with E-state index in [1.165, 1.54) is 24.6 Å². The summed E-state index contributed by atoms with van der Waals surface area (Å²) in [7, 11) is 5.55. The highest BCUT2D eigenvalue weighted by Crippen LogP contribution is 2.41. The predicted molar refractivity (Wildman–Crippen MR) is 86.7 cm³/mol. The number of benzene rings is 1. The number of carbonyl (C=O) groups excluding carboxylic acids is 1. The van der Waals surface area contributed by atoms with Gasteiger partial charge in [0.15, 0.2) is 5.16 Å². The van der Waals surface area contributed by atoms with Gasteiger partial charge in [0.1, 0.15) is 11.1 Å². The van der Waals surface area contributed by atoms with Crippen LogP contribution in [0.25, 0.3) is 0 Å². The van der Waals surface area contributed by atoms with Gasteiger partial charge in [0.2, 0.25) is 5.91 Å². The van der Waals surface area contributed by atoms with Crippen molar-refractivity contribution >= 4 is 17.7 Å². The Bertz CT molecular complexity index is 664. The molecule has 5 nitrogen and oxygen atoms in total. The maximum atomic E-state index is 12.6. The van der Waals surface area contributed by atoms with Crippen LogP contribution in [0.2, 0.25) is 0 Å². The summed E-state index contributed by atoms with van der Waals surface area (Å²) in [6, 6.07) is 9.84. The first kappa shape index (κ1) is 15.1. The molecule has 1 aromatic heterocycles. The van der Waals surface area contributed by atoms with Gasteiger partial charge < -0.3 is 9.47 Å². The lowest BCUT2D eigenvalue weighted by molar-refractivity contribution is -0.128. The monoisotopic (exact) mass is 316 g/mol. The van der Waals surface area contributed by atoms with Gasteiger partial charge in [-0.25, -0.2) is 0 Å². The van der Waals surface area contributed by atoms with Crippen molar-refractivity contribution in [3.63, 3.8) is 0 Å². The van der Waals surface area contributed by atoms with Gasteiger partial charge in [0, 0.05) is 27.1 Å². The van der Waals surface area contributed by atoms with Gasteiger partial charge in [-0.05, 0) is 18.4 Å². The summed E-state index contributed by atoms with van der Waals surface area (Å²) in [4.78, 5) is 14.2. The maximum Gasteiger partial charge on any atom is 0.240 e. The van der Waals surface area contributed by atoms with E-state index in [2.05, 4.69) is 10.2 Å². The van der Waals surface area contributed by atoms with Crippen LogP contribution in [0.4, 0.5) is 0 Å². The van der Waals surface area contributed by atoms with Crippen molar-refractivity contribution in [2.45, 2.75) is 29.2 Å². The highest BCUT2D eigenvalue weighted by Gasteiger charge is 2.31. The number of rotatable bonds is 5. The number of thioether (sulfide) groups is 1. The van der Waals surface area contributed by atoms with Crippen LogP contribution in [0.15, 0.2) is 35.5 Å². The van der Waals surface area contributed by atoms with Gasteiger partial charge in [-0.3, -0.25) is 4.79 Å². The highest BCUT2D eigenvalue weighted by molar-refractivity contribution is 8.00. The van der Waals surface area contributed by atoms with E-state index in [4.69, 9.17) is 0 Å². The van der Waals surface area contributed by atoms with Crippen LogP contribution in [0.1, 0.15) is 35.4 Å². The summed E-state index contributed by atoms with van der Waals surface area (Å²) in [5.74, 6) is 1.64. The van der Waals surface area contributed by atoms with Gasteiger partial charge in [-0.15, -0.1) is 10.2 Å².